The summed E-state index contributed by atoms with van der Waals surface area (Å²) in [5.74, 6) is 0. The van der Waals surface area contributed by atoms with Crippen molar-refractivity contribution in [2.75, 3.05) is 25.5 Å². The zero-order valence-electron chi connectivity index (χ0n) is 10.1. The number of nitrogens with zero attached hydrogens (tertiary/aromatic N) is 2. The van der Waals surface area contributed by atoms with Gasteiger partial charge in [-0.2, -0.15) is 4.31 Å². The maximum absolute atomic E-state index is 12.2. The molecule has 0 aliphatic carbocycles. The van der Waals surface area contributed by atoms with E-state index in [1.165, 1.54) is 6.20 Å². The van der Waals surface area contributed by atoms with Crippen molar-refractivity contribution in [2.45, 2.75) is 18.4 Å². The normalized spacial score (nSPS) is 12.1. The third kappa shape index (κ3) is 3.36. The van der Waals surface area contributed by atoms with Gasteiger partial charge in [-0.05, 0) is 19.1 Å². The van der Waals surface area contributed by atoms with E-state index < -0.39 is 23.0 Å². The topological polar surface area (TPSA) is 62.3 Å². The number of aromatic nitrogens is 1. The molecule has 8 heteroatoms. The molecule has 5 nitrogen and oxygen atoms in total. The highest BCUT2D eigenvalue weighted by Gasteiger charge is 2.27. The summed E-state index contributed by atoms with van der Waals surface area (Å²) >= 11 is 0. The molecule has 0 saturated carbocycles. The molecule has 0 aliphatic rings. The Labute approximate surface area is 105 Å². The molecule has 1 aromatic heterocycles. The monoisotopic (exact) mass is 279 g/mol. The van der Waals surface area contributed by atoms with Gasteiger partial charge in [0.25, 0.3) is 16.4 Å². The van der Waals surface area contributed by atoms with E-state index in [0.717, 1.165) is 7.05 Å². The van der Waals surface area contributed by atoms with Crippen LogP contribution in [0.3, 0.4) is 0 Å². The van der Waals surface area contributed by atoms with Crippen molar-refractivity contribution < 1.29 is 17.2 Å². The van der Waals surface area contributed by atoms with Crippen molar-refractivity contribution >= 4 is 15.7 Å². The van der Waals surface area contributed by atoms with Gasteiger partial charge >= 0.3 is 0 Å². The van der Waals surface area contributed by atoms with Gasteiger partial charge in [-0.1, -0.05) is 0 Å². The van der Waals surface area contributed by atoms with Crippen molar-refractivity contribution in [1.82, 2.24) is 9.29 Å². The van der Waals surface area contributed by atoms with Crippen LogP contribution in [0.4, 0.5) is 14.5 Å². The van der Waals surface area contributed by atoms with Crippen LogP contribution in [-0.2, 0) is 10.0 Å². The Bertz CT molecular complexity index is 494. The van der Waals surface area contributed by atoms with Gasteiger partial charge in [0.2, 0.25) is 0 Å². The van der Waals surface area contributed by atoms with Crippen LogP contribution >= 0.6 is 0 Å². The lowest BCUT2D eigenvalue weighted by Crippen LogP contribution is -2.32. The number of nitrogens with one attached hydrogen (secondary N) is 1. The van der Waals surface area contributed by atoms with Gasteiger partial charge in [0.1, 0.15) is 0 Å². The molecule has 18 heavy (non-hydrogen) atoms. The molecule has 0 fully saturated rings. The molecule has 0 spiro atoms. The SMILES string of the molecule is CCNc1cccnc1S(=O)(=O)N(C)CC(F)F. The van der Waals surface area contributed by atoms with E-state index in [9.17, 15) is 17.2 Å². The minimum Gasteiger partial charge on any atom is -0.383 e. The first-order valence-electron chi connectivity index (χ1n) is 5.33. The largest absolute Gasteiger partial charge is 0.383 e. The van der Waals surface area contributed by atoms with Crippen molar-refractivity contribution in [1.29, 1.82) is 0 Å². The van der Waals surface area contributed by atoms with Crippen LogP contribution in [0.5, 0.6) is 0 Å². The van der Waals surface area contributed by atoms with Crippen LogP contribution in [0.1, 0.15) is 6.92 Å². The van der Waals surface area contributed by atoms with Crippen LogP contribution in [0.25, 0.3) is 0 Å². The third-order valence-corrected chi connectivity index (χ3v) is 3.97. The summed E-state index contributed by atoms with van der Waals surface area (Å²) in [6.07, 6.45) is -1.42. The lowest BCUT2D eigenvalue weighted by atomic mass is 10.4. The van der Waals surface area contributed by atoms with Crippen molar-refractivity contribution in [3.05, 3.63) is 18.3 Å². The van der Waals surface area contributed by atoms with Crippen LogP contribution in [0, 0.1) is 0 Å². The maximum atomic E-state index is 12.2. The Morgan fingerprint density at radius 1 is 1.50 bits per heavy atom. The van der Waals surface area contributed by atoms with Crippen LogP contribution in [0.15, 0.2) is 23.4 Å². The molecule has 0 bridgehead atoms. The second-order valence-corrected chi connectivity index (χ2v) is 5.52. The maximum Gasteiger partial charge on any atom is 0.262 e. The molecule has 0 saturated heterocycles. The molecule has 0 amide bonds. The highest BCUT2D eigenvalue weighted by molar-refractivity contribution is 7.89. The highest BCUT2D eigenvalue weighted by atomic mass is 32.2. The first-order chi connectivity index (χ1) is 8.39. The summed E-state index contributed by atoms with van der Waals surface area (Å²) in [7, 11) is -2.90. The molecule has 0 aliphatic heterocycles. The lowest BCUT2D eigenvalue weighted by molar-refractivity contribution is 0.126. The molecule has 0 atom stereocenters. The molecule has 0 unspecified atom stereocenters. The van der Waals surface area contributed by atoms with E-state index in [-0.39, 0.29) is 5.03 Å². The van der Waals surface area contributed by atoms with E-state index in [0.29, 0.717) is 16.5 Å². The number of hydrogen-bond donors (Lipinski definition) is 1. The molecular formula is C10H15F2N3O2S. The third-order valence-electron chi connectivity index (χ3n) is 2.19. The number of rotatable bonds is 6. The van der Waals surface area contributed by atoms with Crippen molar-refractivity contribution in [3.63, 3.8) is 0 Å². The Kier molecular flexibility index (Phi) is 4.97. The number of pyridine rings is 1. The lowest BCUT2D eigenvalue weighted by Gasteiger charge is -2.18. The Hall–Kier alpha value is -1.28. The van der Waals surface area contributed by atoms with Gasteiger partial charge in [0.15, 0.2) is 5.03 Å². The fraction of sp³-hybridized carbons (Fsp3) is 0.500. The van der Waals surface area contributed by atoms with Crippen molar-refractivity contribution in [2.24, 2.45) is 0 Å². The molecule has 1 N–H and O–H groups in total. The summed E-state index contributed by atoms with van der Waals surface area (Å²) in [6.45, 7) is 1.45. The Morgan fingerprint density at radius 2 is 2.17 bits per heavy atom. The Morgan fingerprint density at radius 3 is 2.72 bits per heavy atom. The standard InChI is InChI=1S/C10H15F2N3O2S/c1-3-13-8-5-4-6-14-10(8)18(16,17)15(2)7-9(11)12/h4-6,9,13H,3,7H2,1-2H3. The second kappa shape index (κ2) is 6.05. The Balaban J connectivity index is 3.11. The van der Waals surface area contributed by atoms with E-state index in [1.54, 1.807) is 19.1 Å². The number of anilines is 1. The van der Waals surface area contributed by atoms with Gasteiger partial charge in [0, 0.05) is 19.8 Å². The molecule has 1 heterocycles. The smallest absolute Gasteiger partial charge is 0.262 e. The van der Waals surface area contributed by atoms with E-state index in [1.807, 2.05) is 0 Å². The molecule has 102 valence electrons. The fourth-order valence-electron chi connectivity index (χ4n) is 1.36. The summed E-state index contributed by atoms with van der Waals surface area (Å²) in [6, 6.07) is 3.11. The zero-order valence-corrected chi connectivity index (χ0v) is 10.9. The van der Waals surface area contributed by atoms with E-state index >= 15 is 0 Å². The quantitative estimate of drug-likeness (QED) is 0.855. The number of sulfonamides is 1. The average molecular weight is 279 g/mol. The van der Waals surface area contributed by atoms with Crippen LogP contribution in [-0.4, -0.2) is 44.3 Å². The van der Waals surface area contributed by atoms with Gasteiger partial charge in [-0.25, -0.2) is 22.2 Å². The summed E-state index contributed by atoms with van der Waals surface area (Å²) in [4.78, 5) is 3.76. The van der Waals surface area contributed by atoms with Gasteiger partial charge in [-0.3, -0.25) is 0 Å². The molecule has 0 radical (unpaired) electrons. The second-order valence-electron chi connectivity index (χ2n) is 3.56. The minimum atomic E-state index is -4.01. The zero-order chi connectivity index (χ0) is 13.8. The van der Waals surface area contributed by atoms with Gasteiger partial charge in [-0.15, -0.1) is 0 Å². The predicted octanol–water partition coefficient (Wildman–Crippen LogP) is 1.40. The molecule has 1 rings (SSSR count). The number of alkyl halides is 2. The van der Waals surface area contributed by atoms with E-state index in [2.05, 4.69) is 10.3 Å². The summed E-state index contributed by atoms with van der Waals surface area (Å²) in [5, 5.41) is 2.59. The first-order valence-corrected chi connectivity index (χ1v) is 6.77. The number of halogens is 2. The van der Waals surface area contributed by atoms with Crippen molar-refractivity contribution in [3.8, 4) is 0 Å². The highest BCUT2D eigenvalue weighted by Crippen LogP contribution is 2.21. The number of hydrogen-bond acceptors (Lipinski definition) is 4. The first kappa shape index (κ1) is 14.8. The predicted molar refractivity (Wildman–Crippen MR) is 64.2 cm³/mol. The molecule has 1 aromatic rings. The van der Waals surface area contributed by atoms with Gasteiger partial charge in [0.05, 0.1) is 12.2 Å². The minimum absolute atomic E-state index is 0.241. The van der Waals surface area contributed by atoms with E-state index in [4.69, 9.17) is 0 Å². The molecule has 0 aromatic carbocycles. The fourth-order valence-corrected chi connectivity index (χ4v) is 2.58. The summed E-state index contributed by atoms with van der Waals surface area (Å²) in [5.41, 5.74) is 0.307. The van der Waals surface area contributed by atoms with Crippen LogP contribution < -0.4 is 5.32 Å². The summed E-state index contributed by atoms with van der Waals surface area (Å²) < 4.78 is 49.2. The molecular weight excluding hydrogens is 264 g/mol. The van der Waals surface area contributed by atoms with Gasteiger partial charge < -0.3 is 5.32 Å². The average Bonchev–Trinajstić information content (AvgIpc) is 2.29. The van der Waals surface area contributed by atoms with Crippen LogP contribution in [0.2, 0.25) is 0 Å².